The lowest BCUT2D eigenvalue weighted by Gasteiger charge is -2.20. The second kappa shape index (κ2) is 4.41. The fourth-order valence-electron chi connectivity index (χ4n) is 2.36. The highest BCUT2D eigenvalue weighted by molar-refractivity contribution is 5.88. The van der Waals surface area contributed by atoms with Crippen molar-refractivity contribution in [1.82, 2.24) is 4.57 Å². The van der Waals surface area contributed by atoms with Gasteiger partial charge in [0.05, 0.1) is 5.41 Å². The summed E-state index contributed by atoms with van der Waals surface area (Å²) in [7, 11) is 0. The minimum Gasteiger partial charge on any atom is -0.481 e. The molecular formula is C16H21NO2. The molecule has 0 radical (unpaired) electrons. The highest BCUT2D eigenvalue weighted by Gasteiger charge is 2.29. The fourth-order valence-corrected chi connectivity index (χ4v) is 2.36. The van der Waals surface area contributed by atoms with E-state index >= 15 is 0 Å². The van der Waals surface area contributed by atoms with Crippen LogP contribution in [0.4, 0.5) is 0 Å². The SMILES string of the molecule is Cc1cn(C(C)C)c2ccc(C(C)(C)C(=O)O)cc12. The molecule has 1 aromatic carbocycles. The third-order valence-electron chi connectivity index (χ3n) is 3.84. The van der Waals surface area contributed by atoms with Crippen LogP contribution in [0.2, 0.25) is 0 Å². The number of hydrogen-bond donors (Lipinski definition) is 1. The molecule has 0 bridgehead atoms. The number of hydrogen-bond acceptors (Lipinski definition) is 1. The van der Waals surface area contributed by atoms with Gasteiger partial charge in [0.25, 0.3) is 0 Å². The van der Waals surface area contributed by atoms with Gasteiger partial charge >= 0.3 is 5.97 Å². The molecule has 3 heteroatoms. The van der Waals surface area contributed by atoms with Crippen molar-refractivity contribution >= 4 is 16.9 Å². The number of aliphatic carboxylic acids is 1. The molecule has 0 saturated heterocycles. The Kier molecular flexibility index (Phi) is 3.17. The van der Waals surface area contributed by atoms with Gasteiger partial charge in [0.1, 0.15) is 0 Å². The lowest BCUT2D eigenvalue weighted by molar-refractivity contribution is -0.142. The van der Waals surface area contributed by atoms with Gasteiger partial charge in [0.15, 0.2) is 0 Å². The van der Waals surface area contributed by atoms with Gasteiger partial charge in [-0.3, -0.25) is 4.79 Å². The normalized spacial score (nSPS) is 12.3. The van der Waals surface area contributed by atoms with Crippen molar-refractivity contribution in [3.63, 3.8) is 0 Å². The largest absolute Gasteiger partial charge is 0.481 e. The first-order chi connectivity index (χ1) is 8.75. The van der Waals surface area contributed by atoms with Crippen LogP contribution in [0.5, 0.6) is 0 Å². The molecule has 19 heavy (non-hydrogen) atoms. The Bertz CT molecular complexity index is 635. The molecule has 0 aliphatic rings. The van der Waals surface area contributed by atoms with Crippen LogP contribution in [-0.2, 0) is 10.2 Å². The van der Waals surface area contributed by atoms with Gasteiger partial charge in [-0.05, 0) is 57.9 Å². The van der Waals surface area contributed by atoms with E-state index in [-0.39, 0.29) is 0 Å². The third kappa shape index (κ3) is 2.14. The number of fused-ring (bicyclic) bond motifs is 1. The standard InChI is InChI=1S/C16H21NO2/c1-10(2)17-9-11(3)13-8-12(6-7-14(13)17)16(4,5)15(18)19/h6-10H,1-5H3,(H,18,19). The molecule has 0 aliphatic heterocycles. The van der Waals surface area contributed by atoms with Gasteiger partial charge < -0.3 is 9.67 Å². The minimum absolute atomic E-state index is 0.398. The number of nitrogens with zero attached hydrogens (tertiary/aromatic N) is 1. The Balaban J connectivity index is 2.66. The molecular weight excluding hydrogens is 238 g/mol. The van der Waals surface area contributed by atoms with E-state index in [0.29, 0.717) is 6.04 Å². The number of rotatable bonds is 3. The molecule has 2 rings (SSSR count). The zero-order valence-electron chi connectivity index (χ0n) is 12.2. The van der Waals surface area contributed by atoms with E-state index in [1.807, 2.05) is 18.2 Å². The van der Waals surface area contributed by atoms with Crippen LogP contribution >= 0.6 is 0 Å². The molecule has 0 fully saturated rings. The van der Waals surface area contributed by atoms with Gasteiger partial charge in [0, 0.05) is 23.1 Å². The number of carboxylic acids is 1. The van der Waals surface area contributed by atoms with Crippen LogP contribution in [0.15, 0.2) is 24.4 Å². The van der Waals surface area contributed by atoms with E-state index in [9.17, 15) is 9.90 Å². The second-order valence-corrected chi connectivity index (χ2v) is 5.98. The lowest BCUT2D eigenvalue weighted by Crippen LogP contribution is -2.28. The number of aryl methyl sites for hydroxylation is 1. The fraction of sp³-hybridized carbons (Fsp3) is 0.438. The molecule has 0 aliphatic carbocycles. The van der Waals surface area contributed by atoms with E-state index in [1.54, 1.807) is 13.8 Å². The monoisotopic (exact) mass is 259 g/mol. The highest BCUT2D eigenvalue weighted by atomic mass is 16.4. The molecule has 0 atom stereocenters. The summed E-state index contributed by atoms with van der Waals surface area (Å²) in [5.74, 6) is -0.798. The molecule has 2 aromatic rings. The molecule has 1 aromatic heterocycles. The van der Waals surface area contributed by atoms with E-state index in [0.717, 1.165) is 16.5 Å². The predicted molar refractivity (Wildman–Crippen MR) is 77.7 cm³/mol. The van der Waals surface area contributed by atoms with Crippen molar-refractivity contribution in [2.45, 2.75) is 46.1 Å². The van der Waals surface area contributed by atoms with Gasteiger partial charge in [-0.1, -0.05) is 6.07 Å². The first kappa shape index (κ1) is 13.7. The van der Waals surface area contributed by atoms with E-state index in [2.05, 4.69) is 31.5 Å². The minimum atomic E-state index is -0.861. The molecule has 3 nitrogen and oxygen atoms in total. The molecule has 0 saturated carbocycles. The Labute approximate surface area is 113 Å². The molecule has 1 heterocycles. The maximum atomic E-state index is 11.4. The topological polar surface area (TPSA) is 42.2 Å². The Morgan fingerprint density at radius 2 is 1.95 bits per heavy atom. The van der Waals surface area contributed by atoms with Crippen LogP contribution in [0, 0.1) is 6.92 Å². The molecule has 0 unspecified atom stereocenters. The Morgan fingerprint density at radius 3 is 2.47 bits per heavy atom. The number of carbonyl (C=O) groups is 1. The van der Waals surface area contributed by atoms with Crippen molar-refractivity contribution in [1.29, 1.82) is 0 Å². The predicted octanol–water partition coefficient (Wildman–Crippen LogP) is 3.89. The summed E-state index contributed by atoms with van der Waals surface area (Å²) in [6.07, 6.45) is 2.13. The van der Waals surface area contributed by atoms with Gasteiger partial charge in [-0.2, -0.15) is 0 Å². The van der Waals surface area contributed by atoms with E-state index in [4.69, 9.17) is 0 Å². The van der Waals surface area contributed by atoms with Crippen LogP contribution in [0.1, 0.15) is 44.9 Å². The lowest BCUT2D eigenvalue weighted by atomic mass is 9.84. The number of benzene rings is 1. The zero-order valence-corrected chi connectivity index (χ0v) is 12.2. The summed E-state index contributed by atoms with van der Waals surface area (Å²) in [6.45, 7) is 9.84. The molecule has 0 spiro atoms. The maximum Gasteiger partial charge on any atom is 0.313 e. The average molecular weight is 259 g/mol. The van der Waals surface area contributed by atoms with Gasteiger partial charge in [-0.25, -0.2) is 0 Å². The van der Waals surface area contributed by atoms with Gasteiger partial charge in [0.2, 0.25) is 0 Å². The van der Waals surface area contributed by atoms with Crippen LogP contribution < -0.4 is 0 Å². The first-order valence-corrected chi connectivity index (χ1v) is 6.60. The highest BCUT2D eigenvalue weighted by Crippen LogP contribution is 2.30. The van der Waals surface area contributed by atoms with Crippen molar-refractivity contribution in [3.05, 3.63) is 35.5 Å². The Morgan fingerprint density at radius 1 is 1.32 bits per heavy atom. The first-order valence-electron chi connectivity index (χ1n) is 6.60. The second-order valence-electron chi connectivity index (χ2n) is 5.98. The summed E-state index contributed by atoms with van der Waals surface area (Å²) in [5.41, 5.74) is 2.34. The summed E-state index contributed by atoms with van der Waals surface area (Å²) in [5, 5.41) is 10.5. The quantitative estimate of drug-likeness (QED) is 0.908. The molecule has 102 valence electrons. The van der Waals surface area contributed by atoms with E-state index < -0.39 is 11.4 Å². The van der Waals surface area contributed by atoms with Gasteiger partial charge in [-0.15, -0.1) is 0 Å². The van der Waals surface area contributed by atoms with Crippen LogP contribution in [0.3, 0.4) is 0 Å². The molecule has 0 amide bonds. The van der Waals surface area contributed by atoms with Crippen molar-refractivity contribution in [2.75, 3.05) is 0 Å². The summed E-state index contributed by atoms with van der Waals surface area (Å²) >= 11 is 0. The summed E-state index contributed by atoms with van der Waals surface area (Å²) < 4.78 is 2.22. The summed E-state index contributed by atoms with van der Waals surface area (Å²) in [4.78, 5) is 11.4. The average Bonchev–Trinajstić information content (AvgIpc) is 2.66. The van der Waals surface area contributed by atoms with E-state index in [1.165, 1.54) is 5.56 Å². The van der Waals surface area contributed by atoms with Crippen molar-refractivity contribution in [2.24, 2.45) is 0 Å². The van der Waals surface area contributed by atoms with Crippen molar-refractivity contribution < 1.29 is 9.90 Å². The third-order valence-corrected chi connectivity index (χ3v) is 3.84. The summed E-state index contributed by atoms with van der Waals surface area (Å²) in [6, 6.07) is 6.36. The maximum absolute atomic E-state index is 11.4. The van der Waals surface area contributed by atoms with Crippen LogP contribution in [0.25, 0.3) is 10.9 Å². The van der Waals surface area contributed by atoms with Crippen LogP contribution in [-0.4, -0.2) is 15.6 Å². The number of carboxylic acid groups (broad SMARTS) is 1. The molecule has 1 N–H and O–H groups in total. The Hall–Kier alpha value is -1.77. The zero-order chi connectivity index (χ0) is 14.4. The van der Waals surface area contributed by atoms with Crippen molar-refractivity contribution in [3.8, 4) is 0 Å². The number of aromatic nitrogens is 1. The smallest absolute Gasteiger partial charge is 0.313 e.